The topological polar surface area (TPSA) is 59.8 Å². The Hall–Kier alpha value is -2.58. The minimum Gasteiger partial charge on any atom is -0.310 e. The van der Waals surface area contributed by atoms with Gasteiger partial charge in [0.15, 0.2) is 0 Å². The molecule has 0 bridgehead atoms. The summed E-state index contributed by atoms with van der Waals surface area (Å²) in [6.45, 7) is 3.92. The molecule has 0 aliphatic carbocycles. The van der Waals surface area contributed by atoms with Gasteiger partial charge in [0.1, 0.15) is 11.6 Å². The highest BCUT2D eigenvalue weighted by Gasteiger charge is 2.34. The van der Waals surface area contributed by atoms with Crippen LogP contribution in [0.2, 0.25) is 0 Å². The molecule has 0 saturated carbocycles. The molecule has 0 fully saturated rings. The fraction of sp³-hybridized carbons (Fsp3) is 0.190. The maximum atomic E-state index is 14.6. The third-order valence-electron chi connectivity index (χ3n) is 5.15. The van der Waals surface area contributed by atoms with E-state index in [1.807, 2.05) is 26.0 Å². The number of fused-ring (bicyclic) bond motifs is 2. The monoisotopic (exact) mass is 470 g/mol. The lowest BCUT2D eigenvalue weighted by atomic mass is 9.85. The molecule has 1 aliphatic rings. The molecule has 0 saturated heterocycles. The molecule has 2 aromatic carbocycles. The predicted molar refractivity (Wildman–Crippen MR) is 115 cm³/mol. The van der Waals surface area contributed by atoms with E-state index in [2.05, 4.69) is 37.4 Å². The van der Waals surface area contributed by atoms with Gasteiger partial charge in [-0.15, -0.1) is 0 Å². The van der Waals surface area contributed by atoms with Crippen molar-refractivity contribution in [1.82, 2.24) is 14.8 Å². The smallest absolute Gasteiger partial charge is 0.226 e. The molecule has 0 spiro atoms. The van der Waals surface area contributed by atoms with E-state index in [4.69, 9.17) is 0 Å². The van der Waals surface area contributed by atoms with Crippen molar-refractivity contribution >= 4 is 49.2 Å². The molecule has 1 amide bonds. The SMILES string of the molecule is Cc1ccc2nc(-n3nc(C)c4c3NC(=O)CC4c3cc(Br)ccc3F)sc2c1. The standard InChI is InChI=1S/C21H16BrFN4OS/c1-10-3-6-16-17(7-10)29-21(24-16)27-20-19(11(2)26-27)14(9-18(28)25-20)13-8-12(22)4-5-15(13)23/h3-8,14H,9H2,1-2H3,(H,25,28). The van der Waals surface area contributed by atoms with Crippen LogP contribution < -0.4 is 5.32 Å². The van der Waals surface area contributed by atoms with Crippen LogP contribution in [0.4, 0.5) is 10.2 Å². The number of anilines is 1. The normalized spacial score (nSPS) is 16.1. The average molecular weight is 471 g/mol. The van der Waals surface area contributed by atoms with Gasteiger partial charge in [0, 0.05) is 22.4 Å². The van der Waals surface area contributed by atoms with Crippen molar-refractivity contribution in [3.8, 4) is 5.13 Å². The number of thiazole rings is 1. The highest BCUT2D eigenvalue weighted by molar-refractivity contribution is 9.10. The van der Waals surface area contributed by atoms with Crippen LogP contribution in [0.1, 0.15) is 34.7 Å². The average Bonchev–Trinajstić information content (AvgIpc) is 3.23. The number of halogens is 2. The summed E-state index contributed by atoms with van der Waals surface area (Å²) in [5.74, 6) is -0.332. The lowest BCUT2D eigenvalue weighted by molar-refractivity contribution is -0.116. The minimum absolute atomic E-state index is 0.167. The highest BCUT2D eigenvalue weighted by atomic mass is 79.9. The van der Waals surface area contributed by atoms with Crippen molar-refractivity contribution in [2.24, 2.45) is 0 Å². The quantitative estimate of drug-likeness (QED) is 0.422. The number of nitrogens with one attached hydrogen (secondary N) is 1. The first kappa shape index (κ1) is 18.4. The molecule has 1 atom stereocenters. The van der Waals surface area contributed by atoms with Gasteiger partial charge in [-0.25, -0.2) is 9.37 Å². The first-order valence-electron chi connectivity index (χ1n) is 9.12. The molecule has 5 nitrogen and oxygen atoms in total. The van der Waals surface area contributed by atoms with Crippen LogP contribution >= 0.6 is 27.3 Å². The zero-order valence-corrected chi connectivity index (χ0v) is 18.1. The second kappa shape index (κ2) is 6.74. The maximum absolute atomic E-state index is 14.6. The number of hydrogen-bond acceptors (Lipinski definition) is 4. The predicted octanol–water partition coefficient (Wildman–Crippen LogP) is 5.47. The number of benzene rings is 2. The molecular formula is C21H16BrFN4OS. The Labute approximate surface area is 178 Å². The van der Waals surface area contributed by atoms with Gasteiger partial charge in [-0.2, -0.15) is 9.78 Å². The number of nitrogens with zero attached hydrogens (tertiary/aromatic N) is 3. The zero-order valence-electron chi connectivity index (χ0n) is 15.7. The Morgan fingerprint density at radius 3 is 2.90 bits per heavy atom. The van der Waals surface area contributed by atoms with Gasteiger partial charge in [-0.05, 0) is 55.3 Å². The summed E-state index contributed by atoms with van der Waals surface area (Å²) in [6.07, 6.45) is 0.173. The summed E-state index contributed by atoms with van der Waals surface area (Å²) in [5, 5.41) is 8.26. The van der Waals surface area contributed by atoms with Gasteiger partial charge in [-0.3, -0.25) is 4.79 Å². The van der Waals surface area contributed by atoms with Crippen LogP contribution in [-0.2, 0) is 4.79 Å². The van der Waals surface area contributed by atoms with Gasteiger partial charge in [0.2, 0.25) is 11.0 Å². The first-order valence-corrected chi connectivity index (χ1v) is 10.7. The van der Waals surface area contributed by atoms with Crippen molar-refractivity contribution in [2.75, 3.05) is 5.32 Å². The van der Waals surface area contributed by atoms with E-state index in [-0.39, 0.29) is 18.1 Å². The molecule has 8 heteroatoms. The van der Waals surface area contributed by atoms with Crippen molar-refractivity contribution in [3.05, 3.63) is 69.1 Å². The maximum Gasteiger partial charge on any atom is 0.226 e. The molecule has 4 aromatic rings. The molecule has 1 unspecified atom stereocenters. The number of rotatable bonds is 2. The van der Waals surface area contributed by atoms with E-state index in [0.29, 0.717) is 16.5 Å². The fourth-order valence-corrected chi connectivity index (χ4v) is 5.24. The van der Waals surface area contributed by atoms with Crippen LogP contribution in [0.15, 0.2) is 40.9 Å². The Bertz CT molecular complexity index is 1300. The number of aryl methyl sites for hydroxylation is 2. The van der Waals surface area contributed by atoms with Crippen LogP contribution in [-0.4, -0.2) is 20.7 Å². The van der Waals surface area contributed by atoms with E-state index < -0.39 is 5.92 Å². The van der Waals surface area contributed by atoms with E-state index in [1.165, 1.54) is 17.4 Å². The largest absolute Gasteiger partial charge is 0.310 e. The van der Waals surface area contributed by atoms with Gasteiger partial charge in [-0.1, -0.05) is 33.3 Å². The van der Waals surface area contributed by atoms with E-state index in [1.54, 1.807) is 16.8 Å². The molecule has 146 valence electrons. The Kier molecular flexibility index (Phi) is 4.29. The lowest BCUT2D eigenvalue weighted by Gasteiger charge is -2.24. The van der Waals surface area contributed by atoms with Gasteiger partial charge < -0.3 is 5.32 Å². The Morgan fingerprint density at radius 2 is 2.07 bits per heavy atom. The van der Waals surface area contributed by atoms with Crippen LogP contribution in [0, 0.1) is 19.7 Å². The van der Waals surface area contributed by atoms with Crippen molar-refractivity contribution in [1.29, 1.82) is 0 Å². The van der Waals surface area contributed by atoms with Crippen LogP contribution in [0.3, 0.4) is 0 Å². The summed E-state index contributed by atoms with van der Waals surface area (Å²) < 4.78 is 18.1. The van der Waals surface area contributed by atoms with E-state index in [9.17, 15) is 9.18 Å². The molecule has 1 N–H and O–H groups in total. The van der Waals surface area contributed by atoms with E-state index in [0.717, 1.165) is 31.5 Å². The Balaban J connectivity index is 1.69. The number of aromatic nitrogens is 3. The second-order valence-corrected chi connectivity index (χ2v) is 9.12. The first-order chi connectivity index (χ1) is 13.9. The van der Waals surface area contributed by atoms with Crippen molar-refractivity contribution in [3.63, 3.8) is 0 Å². The molecule has 2 aromatic heterocycles. The molecule has 1 aliphatic heterocycles. The molecule has 0 radical (unpaired) electrons. The number of carbonyl (C=O) groups is 1. The van der Waals surface area contributed by atoms with Gasteiger partial charge in [0.25, 0.3) is 0 Å². The summed E-state index contributed by atoms with van der Waals surface area (Å²) in [6, 6.07) is 10.9. The summed E-state index contributed by atoms with van der Waals surface area (Å²) in [5.41, 5.74) is 4.11. The minimum atomic E-state index is -0.401. The third-order valence-corrected chi connectivity index (χ3v) is 6.64. The summed E-state index contributed by atoms with van der Waals surface area (Å²) in [4.78, 5) is 17.2. The number of carbonyl (C=O) groups excluding carboxylic acids is 1. The molecule has 5 rings (SSSR count). The summed E-state index contributed by atoms with van der Waals surface area (Å²) in [7, 11) is 0. The third kappa shape index (κ3) is 3.07. The van der Waals surface area contributed by atoms with Crippen molar-refractivity contribution in [2.45, 2.75) is 26.2 Å². The fourth-order valence-electron chi connectivity index (χ4n) is 3.84. The Morgan fingerprint density at radius 1 is 1.24 bits per heavy atom. The number of amides is 1. The summed E-state index contributed by atoms with van der Waals surface area (Å²) >= 11 is 4.92. The second-order valence-electron chi connectivity index (χ2n) is 7.20. The molecule has 3 heterocycles. The van der Waals surface area contributed by atoms with E-state index >= 15 is 0 Å². The van der Waals surface area contributed by atoms with Crippen molar-refractivity contribution < 1.29 is 9.18 Å². The lowest BCUT2D eigenvalue weighted by Crippen LogP contribution is -2.25. The highest BCUT2D eigenvalue weighted by Crippen LogP contribution is 2.42. The van der Waals surface area contributed by atoms with Crippen LogP contribution in [0.25, 0.3) is 15.3 Å². The number of hydrogen-bond donors (Lipinski definition) is 1. The van der Waals surface area contributed by atoms with Gasteiger partial charge in [0.05, 0.1) is 15.9 Å². The zero-order chi connectivity index (χ0) is 20.3. The van der Waals surface area contributed by atoms with Crippen LogP contribution in [0.5, 0.6) is 0 Å². The molecule has 29 heavy (non-hydrogen) atoms. The van der Waals surface area contributed by atoms with Gasteiger partial charge >= 0.3 is 0 Å². The molecular weight excluding hydrogens is 455 g/mol.